The van der Waals surface area contributed by atoms with E-state index in [1.54, 1.807) is 13.2 Å². The summed E-state index contributed by atoms with van der Waals surface area (Å²) >= 11 is 1.22. The highest BCUT2D eigenvalue weighted by atomic mass is 32.2. The van der Waals surface area contributed by atoms with E-state index < -0.39 is 5.97 Å². The molecule has 110 valence electrons. The first-order chi connectivity index (χ1) is 10.2. The van der Waals surface area contributed by atoms with Gasteiger partial charge in [0.25, 0.3) is 0 Å². The Kier molecular flexibility index (Phi) is 3.83. The molecule has 6 nitrogen and oxygen atoms in total. The van der Waals surface area contributed by atoms with Gasteiger partial charge >= 0.3 is 5.97 Å². The number of rotatable bonds is 5. The predicted molar refractivity (Wildman–Crippen MR) is 79.9 cm³/mol. The highest BCUT2D eigenvalue weighted by Gasteiger charge is 2.22. The van der Waals surface area contributed by atoms with Crippen molar-refractivity contribution < 1.29 is 14.6 Å². The molecule has 1 N–H and O–H groups in total. The maximum absolute atomic E-state index is 10.8. The zero-order chi connectivity index (χ0) is 14.8. The Morgan fingerprint density at radius 2 is 2.19 bits per heavy atom. The lowest BCUT2D eigenvalue weighted by molar-refractivity contribution is -0.133. The van der Waals surface area contributed by atoms with Gasteiger partial charge in [0.2, 0.25) is 5.88 Å². The largest absolute Gasteiger partial charge is 0.481 e. The Labute approximate surface area is 125 Å². The zero-order valence-electron chi connectivity index (χ0n) is 11.5. The molecule has 1 aliphatic rings. The van der Waals surface area contributed by atoms with E-state index in [2.05, 4.69) is 22.1 Å². The average molecular weight is 305 g/mol. The molecule has 21 heavy (non-hydrogen) atoms. The average Bonchev–Trinajstić information content (AvgIpc) is 3.10. The Bertz CT molecular complexity index is 703. The molecular weight excluding hydrogens is 290 g/mol. The molecule has 0 saturated carbocycles. The third-order valence-corrected chi connectivity index (χ3v) is 4.30. The number of hydrogen-bond acceptors (Lipinski definition) is 5. The minimum Gasteiger partial charge on any atom is -0.481 e. The third-order valence-electron chi connectivity index (χ3n) is 3.36. The van der Waals surface area contributed by atoms with E-state index in [1.807, 2.05) is 10.6 Å². The van der Waals surface area contributed by atoms with Crippen LogP contribution in [0.2, 0.25) is 0 Å². The monoisotopic (exact) mass is 305 g/mol. The molecule has 0 atom stereocenters. The van der Waals surface area contributed by atoms with E-state index >= 15 is 0 Å². The highest BCUT2D eigenvalue weighted by Crippen LogP contribution is 2.33. The van der Waals surface area contributed by atoms with Gasteiger partial charge in [0.05, 0.1) is 12.9 Å². The van der Waals surface area contributed by atoms with E-state index in [-0.39, 0.29) is 11.8 Å². The quantitative estimate of drug-likeness (QED) is 0.675. The van der Waals surface area contributed by atoms with E-state index in [0.717, 1.165) is 24.0 Å². The Hall–Kier alpha value is -2.02. The van der Waals surface area contributed by atoms with Crippen molar-refractivity contribution >= 4 is 28.9 Å². The standard InChI is InChI=1S/C14H15N3O3S/c1-20-11-7-6-10-13(16-11)17(9-4-2-3-5-9)14(15-10)21-8-12(18)19/h2-3,6-7,9H,4-5,8H2,1H3,(H,18,19). The summed E-state index contributed by atoms with van der Waals surface area (Å²) < 4.78 is 7.21. The minimum absolute atomic E-state index is 0.0133. The third kappa shape index (κ3) is 2.73. The number of imidazole rings is 1. The number of carbonyl (C=O) groups is 1. The summed E-state index contributed by atoms with van der Waals surface area (Å²) in [7, 11) is 1.58. The van der Waals surface area contributed by atoms with Gasteiger partial charge in [-0.05, 0) is 18.9 Å². The fraction of sp³-hybridized carbons (Fsp3) is 0.357. The number of allylic oxidation sites excluding steroid dienone is 2. The summed E-state index contributed by atoms with van der Waals surface area (Å²) in [6, 6.07) is 3.86. The second-order valence-electron chi connectivity index (χ2n) is 4.74. The number of aliphatic carboxylic acids is 1. The maximum atomic E-state index is 10.8. The number of aromatic nitrogens is 3. The molecule has 0 radical (unpaired) electrons. The molecule has 0 aliphatic heterocycles. The van der Waals surface area contributed by atoms with Gasteiger partial charge in [-0.3, -0.25) is 9.36 Å². The van der Waals surface area contributed by atoms with Crippen LogP contribution in [0.3, 0.4) is 0 Å². The summed E-state index contributed by atoms with van der Waals surface area (Å²) in [6.45, 7) is 0. The number of carboxylic acids is 1. The van der Waals surface area contributed by atoms with Crippen molar-refractivity contribution in [2.24, 2.45) is 0 Å². The zero-order valence-corrected chi connectivity index (χ0v) is 12.3. The van der Waals surface area contributed by atoms with Crippen LogP contribution < -0.4 is 4.74 Å². The summed E-state index contributed by atoms with van der Waals surface area (Å²) in [6.07, 6.45) is 6.07. The maximum Gasteiger partial charge on any atom is 0.313 e. The lowest BCUT2D eigenvalue weighted by Crippen LogP contribution is -2.09. The van der Waals surface area contributed by atoms with Crippen molar-refractivity contribution in [1.82, 2.24) is 14.5 Å². The topological polar surface area (TPSA) is 77.2 Å². The van der Waals surface area contributed by atoms with Gasteiger partial charge < -0.3 is 9.84 Å². The molecule has 0 unspecified atom stereocenters. The molecule has 0 spiro atoms. The second kappa shape index (κ2) is 5.77. The molecule has 0 bridgehead atoms. The molecule has 2 aromatic heterocycles. The van der Waals surface area contributed by atoms with Crippen LogP contribution in [-0.4, -0.2) is 38.5 Å². The van der Waals surface area contributed by atoms with Crippen molar-refractivity contribution in [3.63, 3.8) is 0 Å². The number of methoxy groups -OCH3 is 1. The number of carboxylic acid groups (broad SMARTS) is 1. The van der Waals surface area contributed by atoms with Crippen molar-refractivity contribution in [3.8, 4) is 5.88 Å². The van der Waals surface area contributed by atoms with E-state index in [0.29, 0.717) is 11.0 Å². The lowest BCUT2D eigenvalue weighted by atomic mass is 10.2. The van der Waals surface area contributed by atoms with Crippen LogP contribution in [0.1, 0.15) is 18.9 Å². The molecule has 1 aliphatic carbocycles. The second-order valence-corrected chi connectivity index (χ2v) is 5.68. The van der Waals surface area contributed by atoms with Crippen molar-refractivity contribution in [2.75, 3.05) is 12.9 Å². The van der Waals surface area contributed by atoms with Crippen LogP contribution in [0.15, 0.2) is 29.4 Å². The summed E-state index contributed by atoms with van der Waals surface area (Å²) in [4.78, 5) is 19.8. The SMILES string of the molecule is COc1ccc2nc(SCC(=O)O)n(C3CC=CC3)c2n1. The molecule has 7 heteroatoms. The fourth-order valence-electron chi connectivity index (χ4n) is 2.42. The van der Waals surface area contributed by atoms with Crippen LogP contribution in [-0.2, 0) is 4.79 Å². The number of thioether (sulfide) groups is 1. The minimum atomic E-state index is -0.853. The van der Waals surface area contributed by atoms with E-state index in [4.69, 9.17) is 9.84 Å². The lowest BCUT2D eigenvalue weighted by Gasteiger charge is -2.15. The summed E-state index contributed by atoms with van der Waals surface area (Å²) in [5, 5.41) is 9.58. The first kappa shape index (κ1) is 13.9. The van der Waals surface area contributed by atoms with Gasteiger partial charge in [-0.25, -0.2) is 4.98 Å². The van der Waals surface area contributed by atoms with Crippen LogP contribution in [0.4, 0.5) is 0 Å². The van der Waals surface area contributed by atoms with Crippen molar-refractivity contribution in [2.45, 2.75) is 24.0 Å². The molecule has 2 heterocycles. The van der Waals surface area contributed by atoms with E-state index in [1.165, 1.54) is 11.8 Å². The van der Waals surface area contributed by atoms with Crippen molar-refractivity contribution in [3.05, 3.63) is 24.3 Å². The van der Waals surface area contributed by atoms with Crippen LogP contribution >= 0.6 is 11.8 Å². The molecule has 2 aromatic rings. The van der Waals surface area contributed by atoms with Gasteiger partial charge in [0.15, 0.2) is 10.8 Å². The molecule has 3 rings (SSSR count). The van der Waals surface area contributed by atoms with Gasteiger partial charge in [0, 0.05) is 12.1 Å². The number of nitrogens with zero attached hydrogens (tertiary/aromatic N) is 3. The first-order valence-corrected chi connectivity index (χ1v) is 7.60. The number of pyridine rings is 1. The van der Waals surface area contributed by atoms with Crippen LogP contribution in [0.5, 0.6) is 5.88 Å². The molecule has 0 amide bonds. The predicted octanol–water partition coefficient (Wildman–Crippen LogP) is 2.51. The van der Waals surface area contributed by atoms with Gasteiger partial charge in [-0.1, -0.05) is 23.9 Å². The summed E-state index contributed by atoms with van der Waals surface area (Å²) in [5.41, 5.74) is 1.51. The van der Waals surface area contributed by atoms with Crippen molar-refractivity contribution in [1.29, 1.82) is 0 Å². The van der Waals surface area contributed by atoms with E-state index in [9.17, 15) is 4.79 Å². The Morgan fingerprint density at radius 1 is 1.43 bits per heavy atom. The smallest absolute Gasteiger partial charge is 0.313 e. The summed E-state index contributed by atoms with van der Waals surface area (Å²) in [5.74, 6) is -0.335. The van der Waals surface area contributed by atoms with Gasteiger partial charge in [0.1, 0.15) is 5.52 Å². The number of hydrogen-bond donors (Lipinski definition) is 1. The fourth-order valence-corrected chi connectivity index (χ4v) is 3.21. The molecule has 0 fully saturated rings. The molecule has 0 saturated heterocycles. The van der Waals surface area contributed by atoms with Gasteiger partial charge in [-0.2, -0.15) is 4.98 Å². The van der Waals surface area contributed by atoms with Crippen LogP contribution in [0, 0.1) is 0 Å². The highest BCUT2D eigenvalue weighted by molar-refractivity contribution is 7.99. The van der Waals surface area contributed by atoms with Gasteiger partial charge in [-0.15, -0.1) is 0 Å². The number of fused-ring (bicyclic) bond motifs is 1. The Morgan fingerprint density at radius 3 is 2.86 bits per heavy atom. The molecular formula is C14H15N3O3S. The first-order valence-electron chi connectivity index (χ1n) is 6.61. The molecule has 0 aromatic carbocycles. The number of ether oxygens (including phenoxy) is 1. The van der Waals surface area contributed by atoms with Crippen LogP contribution in [0.25, 0.3) is 11.2 Å². The normalized spacial score (nSPS) is 14.9. The Balaban J connectivity index is 2.06.